The van der Waals surface area contributed by atoms with Crippen molar-refractivity contribution in [2.24, 2.45) is 0 Å². The monoisotopic (exact) mass is 232 g/mol. The first-order chi connectivity index (χ1) is 8.33. The number of carbonyl (C=O) groups is 1. The maximum absolute atomic E-state index is 11.4. The third kappa shape index (κ3) is 6.69. The first kappa shape index (κ1) is 13.7. The zero-order valence-electron chi connectivity index (χ0n) is 10.6. The molecule has 0 aromatic rings. The summed E-state index contributed by atoms with van der Waals surface area (Å²) in [6.07, 6.45) is 8.49. The third-order valence-corrected chi connectivity index (χ3v) is 2.78. The van der Waals surface area contributed by atoms with Crippen molar-refractivity contribution >= 4 is 5.97 Å². The summed E-state index contributed by atoms with van der Waals surface area (Å²) >= 11 is 0. The molecule has 0 aromatic heterocycles. The van der Waals surface area contributed by atoms with Gasteiger partial charge in [-0.2, -0.15) is 0 Å². The summed E-state index contributed by atoms with van der Waals surface area (Å²) in [6.45, 7) is 2.10. The van der Waals surface area contributed by atoms with Crippen LogP contribution in [-0.2, 0) is 9.53 Å². The minimum atomic E-state index is -0.433. The van der Waals surface area contributed by atoms with E-state index in [1.165, 1.54) is 12.8 Å². The Kier molecular flexibility index (Phi) is 6.99. The first-order valence-corrected chi connectivity index (χ1v) is 6.52. The maximum Gasteiger partial charge on any atom is 0.385 e. The van der Waals surface area contributed by atoms with Gasteiger partial charge in [0.15, 0.2) is 0 Å². The van der Waals surface area contributed by atoms with Gasteiger partial charge in [-0.15, -0.1) is 0 Å². The molecule has 0 radical (unpaired) electrons. The van der Waals surface area contributed by atoms with Gasteiger partial charge in [-0.3, -0.25) is 0 Å². The average molecular weight is 232 g/mol. The zero-order valence-corrected chi connectivity index (χ0v) is 10.6. The van der Waals surface area contributed by atoms with E-state index in [2.05, 4.69) is 30.6 Å². The number of rotatable bonds is 2. The van der Waals surface area contributed by atoms with Crippen molar-refractivity contribution < 1.29 is 9.53 Å². The van der Waals surface area contributed by atoms with E-state index in [1.54, 1.807) is 0 Å². The van der Waals surface area contributed by atoms with Crippen molar-refractivity contribution in [1.29, 1.82) is 0 Å². The van der Waals surface area contributed by atoms with Crippen LogP contribution in [0.25, 0.3) is 0 Å². The molecular formula is C15H20O2. The van der Waals surface area contributed by atoms with E-state index in [1.807, 2.05) is 0 Å². The molecule has 1 rings (SSSR count). The lowest BCUT2D eigenvalue weighted by molar-refractivity contribution is -0.142. The highest BCUT2D eigenvalue weighted by Gasteiger charge is 2.11. The van der Waals surface area contributed by atoms with Crippen molar-refractivity contribution in [1.82, 2.24) is 0 Å². The Bertz CT molecular complexity index is 349. The van der Waals surface area contributed by atoms with Gasteiger partial charge in [0.2, 0.25) is 0 Å². The molecule has 0 spiro atoms. The second kappa shape index (κ2) is 8.71. The molecule has 1 aliphatic heterocycles. The average Bonchev–Trinajstić information content (AvgIpc) is 2.32. The highest BCUT2D eigenvalue weighted by molar-refractivity contribution is 5.89. The molecule has 0 bridgehead atoms. The Hall–Kier alpha value is -1.41. The van der Waals surface area contributed by atoms with Crippen LogP contribution in [0.1, 0.15) is 58.3 Å². The fraction of sp³-hybridized carbons (Fsp3) is 0.667. The van der Waals surface area contributed by atoms with Crippen LogP contribution in [0.4, 0.5) is 0 Å². The van der Waals surface area contributed by atoms with Gasteiger partial charge >= 0.3 is 5.97 Å². The van der Waals surface area contributed by atoms with E-state index in [-0.39, 0.29) is 6.10 Å². The SMILES string of the molecule is CCCC1CCCCCCC#CC#CC(=O)O1. The summed E-state index contributed by atoms with van der Waals surface area (Å²) in [6, 6.07) is 0. The van der Waals surface area contributed by atoms with Gasteiger partial charge < -0.3 is 4.74 Å². The van der Waals surface area contributed by atoms with Gasteiger partial charge in [0, 0.05) is 12.3 Å². The van der Waals surface area contributed by atoms with Gasteiger partial charge in [0.1, 0.15) is 6.10 Å². The summed E-state index contributed by atoms with van der Waals surface area (Å²) in [5.74, 6) is 10.2. The Morgan fingerprint density at radius 3 is 2.88 bits per heavy atom. The molecule has 0 saturated heterocycles. The minimum absolute atomic E-state index is 0.0375. The van der Waals surface area contributed by atoms with Crippen LogP contribution in [0.2, 0.25) is 0 Å². The summed E-state index contributed by atoms with van der Waals surface area (Å²) in [5, 5.41) is 0. The van der Waals surface area contributed by atoms with Gasteiger partial charge in [-0.05, 0) is 37.5 Å². The molecular weight excluding hydrogens is 212 g/mol. The van der Waals surface area contributed by atoms with Crippen molar-refractivity contribution in [3.8, 4) is 23.7 Å². The third-order valence-electron chi connectivity index (χ3n) is 2.78. The number of cyclic esters (lactones) is 1. The second-order valence-corrected chi connectivity index (χ2v) is 4.32. The van der Waals surface area contributed by atoms with Crippen LogP contribution in [0.3, 0.4) is 0 Å². The summed E-state index contributed by atoms with van der Waals surface area (Å²) in [7, 11) is 0. The summed E-state index contributed by atoms with van der Waals surface area (Å²) < 4.78 is 5.32. The molecule has 0 N–H and O–H groups in total. The molecule has 2 heteroatoms. The van der Waals surface area contributed by atoms with Crippen LogP contribution in [0.5, 0.6) is 0 Å². The van der Waals surface area contributed by atoms with Crippen LogP contribution in [0, 0.1) is 23.7 Å². The minimum Gasteiger partial charge on any atom is -0.453 e. The molecule has 1 unspecified atom stereocenters. The number of hydrogen-bond acceptors (Lipinski definition) is 2. The topological polar surface area (TPSA) is 26.3 Å². The van der Waals surface area contributed by atoms with Crippen molar-refractivity contribution in [3.05, 3.63) is 0 Å². The molecule has 0 amide bonds. The second-order valence-electron chi connectivity index (χ2n) is 4.32. The lowest BCUT2D eigenvalue weighted by atomic mass is 10.0. The number of carbonyl (C=O) groups excluding carboxylic acids is 1. The number of ether oxygens (including phenoxy) is 1. The predicted octanol–water partition coefficient (Wildman–Crippen LogP) is 3.06. The highest BCUT2D eigenvalue weighted by Crippen LogP contribution is 2.13. The summed E-state index contributed by atoms with van der Waals surface area (Å²) in [5.41, 5.74) is 0. The van der Waals surface area contributed by atoms with E-state index in [0.717, 1.165) is 38.5 Å². The van der Waals surface area contributed by atoms with Gasteiger partial charge in [0.25, 0.3) is 0 Å². The smallest absolute Gasteiger partial charge is 0.385 e. The molecule has 0 fully saturated rings. The molecule has 0 saturated carbocycles. The molecule has 1 aliphatic rings. The van der Waals surface area contributed by atoms with Crippen molar-refractivity contribution in [3.63, 3.8) is 0 Å². The van der Waals surface area contributed by atoms with Gasteiger partial charge in [-0.25, -0.2) is 4.79 Å². The lowest BCUT2D eigenvalue weighted by Crippen LogP contribution is -2.17. The van der Waals surface area contributed by atoms with Gasteiger partial charge in [0.05, 0.1) is 0 Å². The van der Waals surface area contributed by atoms with Gasteiger partial charge in [-0.1, -0.05) is 32.1 Å². The lowest BCUT2D eigenvalue weighted by Gasteiger charge is -2.15. The van der Waals surface area contributed by atoms with Crippen molar-refractivity contribution in [2.45, 2.75) is 64.4 Å². The standard InChI is InChI=1S/C15H20O2/c1-2-11-14-12-9-7-5-3-4-6-8-10-13-15(16)17-14/h14H,2-5,7,9,11-12H2,1H3. The molecule has 0 aliphatic carbocycles. The number of esters is 1. The molecule has 2 nitrogen and oxygen atoms in total. The fourth-order valence-electron chi connectivity index (χ4n) is 1.89. The molecule has 1 heterocycles. The molecule has 0 aromatic carbocycles. The predicted molar refractivity (Wildman–Crippen MR) is 68.0 cm³/mol. The Morgan fingerprint density at radius 1 is 1.24 bits per heavy atom. The maximum atomic E-state index is 11.4. The Balaban J connectivity index is 2.57. The first-order valence-electron chi connectivity index (χ1n) is 6.52. The Morgan fingerprint density at radius 2 is 2.06 bits per heavy atom. The van der Waals surface area contributed by atoms with E-state index in [4.69, 9.17) is 4.74 Å². The van der Waals surface area contributed by atoms with E-state index >= 15 is 0 Å². The molecule has 92 valence electrons. The molecule has 17 heavy (non-hydrogen) atoms. The van der Waals surface area contributed by atoms with Crippen LogP contribution >= 0.6 is 0 Å². The Labute approximate surface area is 104 Å². The number of hydrogen-bond donors (Lipinski definition) is 0. The van der Waals surface area contributed by atoms with E-state index in [9.17, 15) is 4.79 Å². The quantitative estimate of drug-likeness (QED) is 0.415. The largest absolute Gasteiger partial charge is 0.453 e. The summed E-state index contributed by atoms with van der Waals surface area (Å²) in [4.78, 5) is 11.4. The zero-order chi connectivity index (χ0) is 12.3. The van der Waals surface area contributed by atoms with Crippen LogP contribution in [0.15, 0.2) is 0 Å². The molecule has 1 atom stereocenters. The van der Waals surface area contributed by atoms with Crippen molar-refractivity contribution in [2.75, 3.05) is 0 Å². The van der Waals surface area contributed by atoms with Crippen LogP contribution < -0.4 is 0 Å². The van der Waals surface area contributed by atoms with E-state index in [0.29, 0.717) is 0 Å². The van der Waals surface area contributed by atoms with Crippen LogP contribution in [-0.4, -0.2) is 12.1 Å². The normalized spacial score (nSPS) is 21.5. The fourth-order valence-corrected chi connectivity index (χ4v) is 1.89. The highest BCUT2D eigenvalue weighted by atomic mass is 16.5. The van der Waals surface area contributed by atoms with E-state index < -0.39 is 5.97 Å².